The maximum absolute atomic E-state index is 11.3. The van der Waals surface area contributed by atoms with E-state index >= 15 is 0 Å². The van der Waals surface area contributed by atoms with Gasteiger partial charge < -0.3 is 9.84 Å². The lowest BCUT2D eigenvalue weighted by atomic mass is 9.88. The molecule has 1 saturated heterocycles. The van der Waals surface area contributed by atoms with Gasteiger partial charge in [-0.25, -0.2) is 4.79 Å². The molecule has 102 valence electrons. The first-order valence-corrected chi connectivity index (χ1v) is 6.73. The van der Waals surface area contributed by atoms with Crippen molar-refractivity contribution < 1.29 is 14.6 Å². The molecule has 0 saturated carbocycles. The quantitative estimate of drug-likeness (QED) is 0.879. The number of hydrogen-bond donors (Lipinski definition) is 1. The van der Waals surface area contributed by atoms with Crippen LogP contribution < -0.4 is 0 Å². The van der Waals surface area contributed by atoms with Gasteiger partial charge in [0.1, 0.15) is 0 Å². The van der Waals surface area contributed by atoms with E-state index in [4.69, 9.17) is 27.9 Å². The van der Waals surface area contributed by atoms with E-state index in [0.29, 0.717) is 21.2 Å². The van der Waals surface area contributed by atoms with E-state index < -0.39 is 17.7 Å². The number of hydrogen-bond acceptors (Lipinski definition) is 2. The molecule has 5 heteroatoms. The highest BCUT2D eigenvalue weighted by molar-refractivity contribution is 6.31. The molecule has 1 aliphatic rings. The van der Waals surface area contributed by atoms with Crippen LogP contribution in [0.15, 0.2) is 48.5 Å². The summed E-state index contributed by atoms with van der Waals surface area (Å²) >= 11 is 12.2. The van der Waals surface area contributed by atoms with Crippen molar-refractivity contribution in [1.29, 1.82) is 0 Å². The van der Waals surface area contributed by atoms with Gasteiger partial charge in [-0.1, -0.05) is 53.5 Å². The van der Waals surface area contributed by atoms with Crippen molar-refractivity contribution in [3.63, 3.8) is 0 Å². The zero-order valence-corrected chi connectivity index (χ0v) is 11.7. The zero-order valence-electron chi connectivity index (χ0n) is 10.2. The maximum Gasteiger partial charge on any atom is 0.336 e. The summed E-state index contributed by atoms with van der Waals surface area (Å²) in [5.74, 6) is -1.02. The molecule has 0 spiro atoms. The van der Waals surface area contributed by atoms with Crippen LogP contribution in [0.4, 0.5) is 0 Å². The van der Waals surface area contributed by atoms with Gasteiger partial charge in [-0.3, -0.25) is 0 Å². The Morgan fingerprint density at radius 1 is 1.15 bits per heavy atom. The molecular formula is C15H10Cl2O3. The molecule has 3 nitrogen and oxygen atoms in total. The van der Waals surface area contributed by atoms with E-state index in [1.165, 1.54) is 0 Å². The number of halogens is 2. The van der Waals surface area contributed by atoms with Crippen molar-refractivity contribution in [3.05, 3.63) is 69.7 Å². The van der Waals surface area contributed by atoms with Crippen LogP contribution in [-0.2, 0) is 15.1 Å². The number of epoxide rings is 1. The highest BCUT2D eigenvalue weighted by Gasteiger charge is 2.64. The average molecular weight is 309 g/mol. The van der Waals surface area contributed by atoms with Crippen LogP contribution in [0.1, 0.15) is 11.1 Å². The molecule has 1 heterocycles. The van der Waals surface area contributed by atoms with Crippen LogP contribution in [-0.4, -0.2) is 17.2 Å². The van der Waals surface area contributed by atoms with Crippen molar-refractivity contribution in [3.8, 4) is 0 Å². The second-order valence-electron chi connectivity index (χ2n) is 4.56. The summed E-state index contributed by atoms with van der Waals surface area (Å²) in [5.41, 5.74) is 0.261. The standard InChI is InChI=1S/C15H10Cl2O3/c16-10-5-3-4-9(8-10)15(13(20-15)14(18)19)11-6-1-2-7-12(11)17/h1-8,13H,(H,18,19). The molecule has 0 bridgehead atoms. The lowest BCUT2D eigenvalue weighted by molar-refractivity contribution is -0.138. The Balaban J connectivity index is 2.18. The van der Waals surface area contributed by atoms with E-state index in [0.717, 1.165) is 0 Å². The van der Waals surface area contributed by atoms with Gasteiger partial charge in [0, 0.05) is 15.6 Å². The van der Waals surface area contributed by atoms with Crippen molar-refractivity contribution in [1.82, 2.24) is 0 Å². The molecule has 3 rings (SSSR count). The fraction of sp³-hybridized carbons (Fsp3) is 0.133. The molecule has 1 fully saturated rings. The van der Waals surface area contributed by atoms with Crippen LogP contribution in [0.3, 0.4) is 0 Å². The van der Waals surface area contributed by atoms with Crippen LogP contribution in [0.5, 0.6) is 0 Å². The summed E-state index contributed by atoms with van der Waals surface area (Å²) in [6.07, 6.45) is -0.958. The Hall–Kier alpha value is -1.55. The summed E-state index contributed by atoms with van der Waals surface area (Å²) in [6.45, 7) is 0. The molecule has 2 aromatic carbocycles. The van der Waals surface area contributed by atoms with Crippen molar-refractivity contribution in [2.24, 2.45) is 0 Å². The van der Waals surface area contributed by atoms with Gasteiger partial charge in [0.25, 0.3) is 0 Å². The molecule has 20 heavy (non-hydrogen) atoms. The summed E-state index contributed by atoms with van der Waals surface area (Å²) in [4.78, 5) is 11.3. The molecule has 0 radical (unpaired) electrons. The van der Waals surface area contributed by atoms with Crippen LogP contribution in [0.25, 0.3) is 0 Å². The van der Waals surface area contributed by atoms with E-state index in [-0.39, 0.29) is 0 Å². The number of carboxylic acid groups (broad SMARTS) is 1. The average Bonchev–Trinajstić information content (AvgIpc) is 3.16. The van der Waals surface area contributed by atoms with Gasteiger partial charge in [0.05, 0.1) is 0 Å². The smallest absolute Gasteiger partial charge is 0.336 e. The second-order valence-corrected chi connectivity index (χ2v) is 5.41. The predicted octanol–water partition coefficient (Wildman–Crippen LogP) is 3.72. The van der Waals surface area contributed by atoms with Gasteiger partial charge in [0.15, 0.2) is 11.7 Å². The van der Waals surface area contributed by atoms with Crippen LogP contribution in [0.2, 0.25) is 10.0 Å². The fourth-order valence-electron chi connectivity index (χ4n) is 2.44. The Bertz CT molecular complexity index is 686. The van der Waals surface area contributed by atoms with Crippen molar-refractivity contribution >= 4 is 29.2 Å². The van der Waals surface area contributed by atoms with E-state index in [9.17, 15) is 9.90 Å². The first-order chi connectivity index (χ1) is 9.55. The van der Waals surface area contributed by atoms with E-state index in [1.54, 1.807) is 48.5 Å². The minimum absolute atomic E-state index is 0.469. The minimum Gasteiger partial charge on any atom is -0.479 e. The third-order valence-corrected chi connectivity index (χ3v) is 3.93. The normalized spacial score (nSPS) is 24.4. The van der Waals surface area contributed by atoms with Crippen molar-refractivity contribution in [2.45, 2.75) is 11.7 Å². The lowest BCUT2D eigenvalue weighted by Gasteiger charge is -2.15. The number of carbonyl (C=O) groups is 1. The Kier molecular flexibility index (Phi) is 3.21. The molecule has 0 amide bonds. The summed E-state index contributed by atoms with van der Waals surface area (Å²) in [5, 5.41) is 10.3. The molecular weight excluding hydrogens is 299 g/mol. The fourth-order valence-corrected chi connectivity index (χ4v) is 2.90. The number of rotatable bonds is 3. The van der Waals surface area contributed by atoms with Gasteiger partial charge in [0.2, 0.25) is 0 Å². The van der Waals surface area contributed by atoms with Gasteiger partial charge in [-0.2, -0.15) is 0 Å². The Labute approximate surface area is 125 Å². The third kappa shape index (κ3) is 1.99. The number of ether oxygens (including phenoxy) is 1. The molecule has 2 unspecified atom stereocenters. The van der Waals surface area contributed by atoms with Crippen molar-refractivity contribution in [2.75, 3.05) is 0 Å². The molecule has 1 N–H and O–H groups in total. The number of aliphatic carboxylic acids is 1. The first-order valence-electron chi connectivity index (χ1n) is 5.97. The SMILES string of the molecule is O=C(O)C1OC1(c1cccc(Cl)c1)c1ccccc1Cl. The van der Waals surface area contributed by atoms with E-state index in [2.05, 4.69) is 0 Å². The number of benzene rings is 2. The lowest BCUT2D eigenvalue weighted by Crippen LogP contribution is -2.20. The Morgan fingerprint density at radius 2 is 1.90 bits per heavy atom. The van der Waals surface area contributed by atoms with Gasteiger partial charge >= 0.3 is 5.97 Å². The van der Waals surface area contributed by atoms with E-state index in [1.807, 2.05) is 0 Å². The summed E-state index contributed by atoms with van der Waals surface area (Å²) in [6, 6.07) is 14.0. The summed E-state index contributed by atoms with van der Waals surface area (Å²) in [7, 11) is 0. The monoisotopic (exact) mass is 308 g/mol. The Morgan fingerprint density at radius 3 is 2.50 bits per heavy atom. The third-order valence-electron chi connectivity index (χ3n) is 3.37. The first kappa shape index (κ1) is 13.4. The second kappa shape index (κ2) is 4.77. The molecule has 0 aromatic heterocycles. The number of carboxylic acids is 1. The van der Waals surface area contributed by atoms with Gasteiger partial charge in [-0.15, -0.1) is 0 Å². The highest BCUT2D eigenvalue weighted by Crippen LogP contribution is 2.53. The highest BCUT2D eigenvalue weighted by atomic mass is 35.5. The van der Waals surface area contributed by atoms with Crippen LogP contribution >= 0.6 is 23.2 Å². The molecule has 2 atom stereocenters. The van der Waals surface area contributed by atoms with Gasteiger partial charge in [-0.05, 0) is 23.8 Å². The topological polar surface area (TPSA) is 49.8 Å². The predicted molar refractivity (Wildman–Crippen MR) is 76.2 cm³/mol. The largest absolute Gasteiger partial charge is 0.479 e. The maximum atomic E-state index is 11.3. The molecule has 2 aromatic rings. The molecule has 1 aliphatic heterocycles. The molecule has 0 aliphatic carbocycles. The van der Waals surface area contributed by atoms with Crippen LogP contribution in [0, 0.1) is 0 Å². The summed E-state index contributed by atoms with van der Waals surface area (Å²) < 4.78 is 5.53. The minimum atomic E-state index is -1.06. The zero-order chi connectivity index (χ0) is 14.3.